The third-order valence-electron chi connectivity index (χ3n) is 9.72. The van der Waals surface area contributed by atoms with Crippen molar-refractivity contribution in [2.45, 2.75) is 122 Å². The van der Waals surface area contributed by atoms with Crippen LogP contribution in [0.4, 0.5) is 0 Å². The summed E-state index contributed by atoms with van der Waals surface area (Å²) in [6.07, 6.45) is 3.54. The van der Waals surface area contributed by atoms with E-state index in [1.807, 2.05) is 31.2 Å². The highest BCUT2D eigenvalue weighted by atomic mass is 16.5. The molecule has 1 aliphatic carbocycles. The molecule has 14 heteroatoms. The van der Waals surface area contributed by atoms with E-state index in [2.05, 4.69) is 28.2 Å². The molecule has 1 fully saturated rings. The van der Waals surface area contributed by atoms with Gasteiger partial charge in [0, 0.05) is 13.6 Å². The van der Waals surface area contributed by atoms with Gasteiger partial charge in [0.15, 0.2) is 0 Å². The van der Waals surface area contributed by atoms with Crippen LogP contribution in [0.25, 0.3) is 0 Å². The molecule has 7 atom stereocenters. The molecule has 5 amide bonds. The van der Waals surface area contributed by atoms with Crippen LogP contribution < -0.4 is 27.0 Å². The maximum absolute atomic E-state index is 14.1. The zero-order valence-electron chi connectivity index (χ0n) is 30.0. The van der Waals surface area contributed by atoms with Crippen molar-refractivity contribution in [3.63, 3.8) is 0 Å². The Morgan fingerprint density at radius 1 is 0.880 bits per heavy atom. The third kappa shape index (κ3) is 10.7. The summed E-state index contributed by atoms with van der Waals surface area (Å²) in [5.41, 5.74) is 7.99. The number of likely N-dealkylation sites (N-methyl/N-ethyl adjacent to an activating group) is 1. The van der Waals surface area contributed by atoms with E-state index < -0.39 is 84.3 Å². The van der Waals surface area contributed by atoms with Crippen molar-refractivity contribution in [2.75, 3.05) is 20.1 Å². The smallest absolute Gasteiger partial charge is 0.325 e. The number of rotatable bonds is 10. The zero-order chi connectivity index (χ0) is 37.0. The SMILES string of the molecule is CCCCCC[C@H]1OC(=O)CNC(=O)[C@H]([C@H](C)O)NC(=O)[C@H](CN)NC(=O)[C@H](C2Cc3ccccc3C2)NC(=O)[C@H](CCC)N(C)C(=O)[C@@H]1C. The summed E-state index contributed by atoms with van der Waals surface area (Å²) in [7, 11) is 1.53. The predicted molar refractivity (Wildman–Crippen MR) is 186 cm³/mol. The quantitative estimate of drug-likeness (QED) is 0.148. The number of hydrogen-bond donors (Lipinski definition) is 6. The van der Waals surface area contributed by atoms with Gasteiger partial charge in [0.1, 0.15) is 36.8 Å². The fourth-order valence-corrected chi connectivity index (χ4v) is 6.70. The second-order valence-electron chi connectivity index (χ2n) is 13.6. The van der Waals surface area contributed by atoms with Crippen LogP contribution in [0, 0.1) is 11.8 Å². The van der Waals surface area contributed by atoms with Crippen molar-refractivity contribution < 1.29 is 38.6 Å². The van der Waals surface area contributed by atoms with Gasteiger partial charge in [-0.1, -0.05) is 70.7 Å². The number of hydrogen-bond acceptors (Lipinski definition) is 9. The number of carbonyl (C=O) groups is 6. The van der Waals surface area contributed by atoms with Crippen molar-refractivity contribution in [3.8, 4) is 0 Å². The number of nitrogens with two attached hydrogens (primary N) is 1. The van der Waals surface area contributed by atoms with E-state index in [0.29, 0.717) is 38.5 Å². The van der Waals surface area contributed by atoms with Crippen LogP contribution in [-0.2, 0) is 46.3 Å². The van der Waals surface area contributed by atoms with Crippen molar-refractivity contribution in [3.05, 3.63) is 35.4 Å². The number of fused-ring (bicyclic) bond motifs is 1. The summed E-state index contributed by atoms with van der Waals surface area (Å²) >= 11 is 0. The first-order valence-electron chi connectivity index (χ1n) is 17.9. The number of ether oxygens (including phenoxy) is 1. The highest BCUT2D eigenvalue weighted by molar-refractivity contribution is 5.96. The Hall–Kier alpha value is -4.04. The number of cyclic esters (lactones) is 1. The number of amides is 5. The number of aliphatic hydroxyl groups is 1. The minimum atomic E-state index is -1.49. The minimum absolute atomic E-state index is 0.307. The van der Waals surface area contributed by atoms with E-state index in [1.54, 1.807) is 6.92 Å². The Balaban J connectivity index is 2.02. The standard InChI is InChI=1S/C36H56N6O8/c1-6-8-9-10-16-28-21(3)36(49)42(5)27(13-7-2)33(46)41-31(25-17-23-14-11-12-15-24(23)18-25)35(48)39-26(19-37)32(45)40-30(22(4)43)34(47)38-20-29(44)50-28/h11-12,14-15,21-22,25-28,30-31,43H,6-10,13,16-20,37H2,1-5H3,(H,38,47)(H,39,48)(H,40,45)(H,41,46)/t21-,22+,26+,27+,28-,30+,31+/m1/s1. The Bertz CT molecular complexity index is 1330. The molecule has 14 nitrogen and oxygen atoms in total. The molecule has 0 aromatic heterocycles. The van der Waals surface area contributed by atoms with Gasteiger partial charge in [-0.25, -0.2) is 0 Å². The Morgan fingerprint density at radius 3 is 2.12 bits per heavy atom. The van der Waals surface area contributed by atoms with Gasteiger partial charge < -0.3 is 41.7 Å². The van der Waals surface area contributed by atoms with E-state index >= 15 is 0 Å². The highest BCUT2D eigenvalue weighted by Crippen LogP contribution is 2.29. The van der Waals surface area contributed by atoms with Gasteiger partial charge in [-0.2, -0.15) is 0 Å². The molecule has 0 unspecified atom stereocenters. The fourth-order valence-electron chi connectivity index (χ4n) is 6.70. The van der Waals surface area contributed by atoms with Crippen LogP contribution in [-0.4, -0.2) is 102 Å². The molecule has 7 N–H and O–H groups in total. The molecule has 1 aromatic carbocycles. The lowest BCUT2D eigenvalue weighted by Gasteiger charge is -2.34. The molecule has 0 bridgehead atoms. The lowest BCUT2D eigenvalue weighted by molar-refractivity contribution is -0.157. The van der Waals surface area contributed by atoms with E-state index in [0.717, 1.165) is 30.4 Å². The summed E-state index contributed by atoms with van der Waals surface area (Å²) in [6, 6.07) is 2.90. The molecule has 0 saturated carbocycles. The molecule has 0 radical (unpaired) electrons. The van der Waals surface area contributed by atoms with E-state index in [4.69, 9.17) is 10.5 Å². The molecule has 50 heavy (non-hydrogen) atoms. The summed E-state index contributed by atoms with van der Waals surface area (Å²) in [5.74, 6) is -5.27. The van der Waals surface area contributed by atoms with Crippen LogP contribution in [0.3, 0.4) is 0 Å². The van der Waals surface area contributed by atoms with Gasteiger partial charge in [0.25, 0.3) is 0 Å². The third-order valence-corrected chi connectivity index (χ3v) is 9.72. The first-order valence-corrected chi connectivity index (χ1v) is 17.9. The first kappa shape index (κ1) is 40.4. The van der Waals surface area contributed by atoms with Crippen molar-refractivity contribution in [1.82, 2.24) is 26.2 Å². The molecule has 1 aliphatic heterocycles. The predicted octanol–water partition coefficient (Wildman–Crippen LogP) is 0.471. The lowest BCUT2D eigenvalue weighted by atomic mass is 9.94. The maximum atomic E-state index is 14.1. The number of benzene rings is 1. The van der Waals surface area contributed by atoms with Gasteiger partial charge in [-0.3, -0.25) is 28.8 Å². The molecule has 0 spiro atoms. The number of nitrogens with zero attached hydrogens (tertiary/aromatic N) is 1. The number of carbonyl (C=O) groups excluding carboxylic acids is 6. The number of esters is 1. The Morgan fingerprint density at radius 2 is 1.54 bits per heavy atom. The second-order valence-corrected chi connectivity index (χ2v) is 13.6. The Labute approximate surface area is 295 Å². The average Bonchev–Trinajstić information content (AvgIpc) is 3.53. The first-order chi connectivity index (χ1) is 23.8. The number of unbranched alkanes of at least 4 members (excludes halogenated alkanes) is 3. The molecule has 2 aliphatic rings. The summed E-state index contributed by atoms with van der Waals surface area (Å²) in [5, 5.41) is 20.7. The minimum Gasteiger partial charge on any atom is -0.460 e. The van der Waals surface area contributed by atoms with E-state index in [9.17, 15) is 33.9 Å². The van der Waals surface area contributed by atoms with Crippen LogP contribution in [0.5, 0.6) is 0 Å². The number of aliphatic hydroxyl groups excluding tert-OH is 1. The second kappa shape index (κ2) is 19.4. The van der Waals surface area contributed by atoms with Crippen LogP contribution in [0.15, 0.2) is 24.3 Å². The number of nitrogens with one attached hydrogen (secondary N) is 4. The summed E-state index contributed by atoms with van der Waals surface area (Å²) in [6.45, 7) is 5.97. The maximum Gasteiger partial charge on any atom is 0.325 e. The monoisotopic (exact) mass is 700 g/mol. The van der Waals surface area contributed by atoms with Crippen LogP contribution >= 0.6 is 0 Å². The van der Waals surface area contributed by atoms with Crippen molar-refractivity contribution in [1.29, 1.82) is 0 Å². The zero-order valence-corrected chi connectivity index (χ0v) is 30.0. The van der Waals surface area contributed by atoms with Crippen molar-refractivity contribution >= 4 is 35.5 Å². The molecular weight excluding hydrogens is 644 g/mol. The normalized spacial score (nSPS) is 27.1. The fraction of sp³-hybridized carbons (Fsp3) is 0.667. The molecular formula is C36H56N6O8. The van der Waals surface area contributed by atoms with Gasteiger partial charge in [0.05, 0.1) is 12.0 Å². The highest BCUT2D eigenvalue weighted by Gasteiger charge is 2.40. The summed E-state index contributed by atoms with van der Waals surface area (Å²) in [4.78, 5) is 82.8. The molecule has 3 rings (SSSR count). The molecule has 1 saturated heterocycles. The average molecular weight is 701 g/mol. The largest absolute Gasteiger partial charge is 0.460 e. The van der Waals surface area contributed by atoms with E-state index in [-0.39, 0.29) is 12.5 Å². The van der Waals surface area contributed by atoms with Crippen LogP contribution in [0.2, 0.25) is 0 Å². The van der Waals surface area contributed by atoms with E-state index in [1.165, 1.54) is 18.9 Å². The topological polar surface area (TPSA) is 209 Å². The molecule has 1 aromatic rings. The molecule has 1 heterocycles. The van der Waals surface area contributed by atoms with Crippen LogP contribution in [0.1, 0.15) is 83.8 Å². The van der Waals surface area contributed by atoms with Crippen molar-refractivity contribution in [2.24, 2.45) is 17.6 Å². The Kier molecular flexibility index (Phi) is 15.7. The summed E-state index contributed by atoms with van der Waals surface area (Å²) < 4.78 is 5.76. The van der Waals surface area contributed by atoms with Gasteiger partial charge in [-0.15, -0.1) is 0 Å². The van der Waals surface area contributed by atoms with Gasteiger partial charge >= 0.3 is 5.97 Å². The molecule has 278 valence electrons. The lowest BCUT2D eigenvalue weighted by Crippen LogP contribution is -2.62. The van der Waals surface area contributed by atoms with Gasteiger partial charge in [-0.05, 0) is 56.1 Å². The van der Waals surface area contributed by atoms with Gasteiger partial charge in [0.2, 0.25) is 29.5 Å².